The standard InChI is InChI=1S/C23H31N3S/c1-2-3-10-26-11-8-19(9-12-26)25-21-13-17(16-24)14-23-20(21)15-18-6-4-5-7-22(18)27-23/h4-7,13-14,19,25H,2-3,8-12,15-16,24H2,1H3. The van der Waals surface area contributed by atoms with Gasteiger partial charge in [-0.05, 0) is 60.7 Å². The molecule has 0 radical (unpaired) electrons. The second kappa shape index (κ2) is 8.68. The molecule has 144 valence electrons. The Morgan fingerprint density at radius 3 is 2.74 bits per heavy atom. The summed E-state index contributed by atoms with van der Waals surface area (Å²) in [6.07, 6.45) is 6.08. The van der Waals surface area contributed by atoms with Crippen molar-refractivity contribution in [3.63, 3.8) is 0 Å². The summed E-state index contributed by atoms with van der Waals surface area (Å²) in [6.45, 7) is 6.56. The molecular formula is C23H31N3S. The quantitative estimate of drug-likeness (QED) is 0.639. The zero-order valence-electron chi connectivity index (χ0n) is 16.3. The van der Waals surface area contributed by atoms with Crippen molar-refractivity contribution in [2.75, 3.05) is 25.0 Å². The van der Waals surface area contributed by atoms with Gasteiger partial charge in [0.2, 0.25) is 0 Å². The van der Waals surface area contributed by atoms with Gasteiger partial charge in [0, 0.05) is 47.6 Å². The first kappa shape index (κ1) is 18.9. The summed E-state index contributed by atoms with van der Waals surface area (Å²) in [5, 5.41) is 3.90. The number of fused-ring (bicyclic) bond motifs is 2. The van der Waals surface area contributed by atoms with E-state index in [4.69, 9.17) is 5.73 Å². The van der Waals surface area contributed by atoms with Crippen LogP contribution in [0.2, 0.25) is 0 Å². The molecule has 2 aromatic rings. The van der Waals surface area contributed by atoms with Crippen molar-refractivity contribution in [3.05, 3.63) is 53.1 Å². The molecule has 2 aliphatic rings. The van der Waals surface area contributed by atoms with E-state index in [1.807, 2.05) is 11.8 Å². The highest BCUT2D eigenvalue weighted by atomic mass is 32.2. The topological polar surface area (TPSA) is 41.3 Å². The van der Waals surface area contributed by atoms with Crippen LogP contribution in [0.15, 0.2) is 46.2 Å². The van der Waals surface area contributed by atoms with Crippen LogP contribution in [0.25, 0.3) is 0 Å². The van der Waals surface area contributed by atoms with E-state index in [2.05, 4.69) is 53.5 Å². The van der Waals surface area contributed by atoms with Gasteiger partial charge in [0.05, 0.1) is 0 Å². The van der Waals surface area contributed by atoms with Crippen LogP contribution in [-0.2, 0) is 13.0 Å². The monoisotopic (exact) mass is 381 g/mol. The Hall–Kier alpha value is -1.49. The van der Waals surface area contributed by atoms with Crippen LogP contribution < -0.4 is 11.1 Å². The molecule has 1 fully saturated rings. The predicted octanol–water partition coefficient (Wildman–Crippen LogP) is 4.88. The predicted molar refractivity (Wildman–Crippen MR) is 116 cm³/mol. The van der Waals surface area contributed by atoms with Crippen molar-refractivity contribution < 1.29 is 0 Å². The molecule has 4 heteroatoms. The first-order valence-corrected chi connectivity index (χ1v) is 11.2. The Kier molecular flexibility index (Phi) is 6.06. The average Bonchev–Trinajstić information content (AvgIpc) is 2.71. The van der Waals surface area contributed by atoms with Gasteiger partial charge >= 0.3 is 0 Å². The summed E-state index contributed by atoms with van der Waals surface area (Å²) in [5.74, 6) is 0. The number of anilines is 1. The fourth-order valence-corrected chi connectivity index (χ4v) is 5.35. The molecule has 2 heterocycles. The number of benzene rings is 2. The van der Waals surface area contributed by atoms with E-state index in [0.717, 1.165) is 6.42 Å². The van der Waals surface area contributed by atoms with Gasteiger partial charge in [0.25, 0.3) is 0 Å². The SMILES string of the molecule is CCCCN1CCC(Nc2cc(CN)cc3c2Cc2ccccc2S3)CC1. The molecule has 2 aliphatic heterocycles. The van der Waals surface area contributed by atoms with Crippen molar-refractivity contribution >= 4 is 17.4 Å². The fraction of sp³-hybridized carbons (Fsp3) is 0.478. The van der Waals surface area contributed by atoms with Gasteiger partial charge in [-0.3, -0.25) is 0 Å². The molecule has 3 N–H and O–H groups in total. The minimum absolute atomic E-state index is 0.571. The summed E-state index contributed by atoms with van der Waals surface area (Å²) < 4.78 is 0. The zero-order valence-corrected chi connectivity index (χ0v) is 17.2. The third-order valence-electron chi connectivity index (χ3n) is 5.84. The number of rotatable bonds is 6. The Morgan fingerprint density at radius 1 is 1.15 bits per heavy atom. The molecule has 0 atom stereocenters. The van der Waals surface area contributed by atoms with Crippen LogP contribution in [-0.4, -0.2) is 30.6 Å². The lowest BCUT2D eigenvalue weighted by molar-refractivity contribution is 0.216. The van der Waals surface area contributed by atoms with Crippen LogP contribution in [0.3, 0.4) is 0 Å². The molecule has 3 nitrogen and oxygen atoms in total. The van der Waals surface area contributed by atoms with Crippen LogP contribution in [0.4, 0.5) is 5.69 Å². The summed E-state index contributed by atoms with van der Waals surface area (Å²) in [6, 6.07) is 13.9. The Morgan fingerprint density at radius 2 is 1.96 bits per heavy atom. The Balaban J connectivity index is 1.50. The number of hydrogen-bond acceptors (Lipinski definition) is 4. The molecule has 1 saturated heterocycles. The van der Waals surface area contributed by atoms with Gasteiger partial charge in [0.15, 0.2) is 0 Å². The molecule has 0 aromatic heterocycles. The highest BCUT2D eigenvalue weighted by molar-refractivity contribution is 7.99. The summed E-state index contributed by atoms with van der Waals surface area (Å²) >= 11 is 1.89. The van der Waals surface area contributed by atoms with Crippen molar-refractivity contribution in [1.82, 2.24) is 4.90 Å². The molecule has 2 aromatic carbocycles. The molecule has 0 amide bonds. The molecule has 0 unspecified atom stereocenters. The summed E-state index contributed by atoms with van der Waals surface area (Å²) in [4.78, 5) is 5.38. The van der Waals surface area contributed by atoms with Gasteiger partial charge in [-0.2, -0.15) is 0 Å². The lowest BCUT2D eigenvalue weighted by atomic mass is 9.98. The van der Waals surface area contributed by atoms with E-state index in [1.165, 1.54) is 77.5 Å². The van der Waals surface area contributed by atoms with Crippen molar-refractivity contribution in [2.24, 2.45) is 5.73 Å². The van der Waals surface area contributed by atoms with Crippen LogP contribution in [0.5, 0.6) is 0 Å². The van der Waals surface area contributed by atoms with Crippen LogP contribution >= 0.6 is 11.8 Å². The number of nitrogens with two attached hydrogens (primary N) is 1. The third-order valence-corrected chi connectivity index (χ3v) is 7.04. The van der Waals surface area contributed by atoms with Gasteiger partial charge < -0.3 is 16.0 Å². The molecular weight excluding hydrogens is 350 g/mol. The summed E-state index contributed by atoms with van der Waals surface area (Å²) in [5.41, 5.74) is 11.4. The normalized spacial score (nSPS) is 17.4. The van der Waals surface area contributed by atoms with E-state index >= 15 is 0 Å². The zero-order chi connectivity index (χ0) is 18.6. The molecule has 0 saturated carbocycles. The maximum Gasteiger partial charge on any atom is 0.0392 e. The van der Waals surface area contributed by atoms with Gasteiger partial charge in [-0.15, -0.1) is 0 Å². The number of nitrogens with zero attached hydrogens (tertiary/aromatic N) is 1. The largest absolute Gasteiger partial charge is 0.382 e. The van der Waals surface area contributed by atoms with Gasteiger partial charge in [0.1, 0.15) is 0 Å². The molecule has 27 heavy (non-hydrogen) atoms. The van der Waals surface area contributed by atoms with Crippen molar-refractivity contribution in [2.45, 2.75) is 61.4 Å². The maximum atomic E-state index is 6.00. The molecule has 4 rings (SSSR count). The van der Waals surface area contributed by atoms with Crippen LogP contribution in [0.1, 0.15) is 49.3 Å². The lowest BCUT2D eigenvalue weighted by Gasteiger charge is -2.34. The second-order valence-electron chi connectivity index (χ2n) is 7.82. The average molecular weight is 382 g/mol. The van der Waals surface area contributed by atoms with Crippen LogP contribution in [0, 0.1) is 0 Å². The number of piperidine rings is 1. The van der Waals surface area contributed by atoms with E-state index in [1.54, 1.807) is 0 Å². The smallest absolute Gasteiger partial charge is 0.0392 e. The molecule has 0 aliphatic carbocycles. The highest BCUT2D eigenvalue weighted by Crippen LogP contribution is 2.43. The highest BCUT2D eigenvalue weighted by Gasteiger charge is 2.23. The Labute approximate surface area is 167 Å². The number of nitrogens with one attached hydrogen (secondary N) is 1. The van der Waals surface area contributed by atoms with E-state index in [-0.39, 0.29) is 0 Å². The summed E-state index contributed by atoms with van der Waals surface area (Å²) in [7, 11) is 0. The third kappa shape index (κ3) is 4.34. The van der Waals surface area contributed by atoms with Crippen molar-refractivity contribution in [3.8, 4) is 0 Å². The minimum Gasteiger partial charge on any atom is -0.382 e. The number of unbranched alkanes of at least 4 members (excludes halogenated alkanes) is 1. The van der Waals surface area contributed by atoms with Gasteiger partial charge in [-0.25, -0.2) is 0 Å². The fourth-order valence-electron chi connectivity index (χ4n) is 4.18. The number of likely N-dealkylation sites (tertiary alicyclic amines) is 1. The van der Waals surface area contributed by atoms with Gasteiger partial charge in [-0.1, -0.05) is 43.3 Å². The Bertz CT molecular complexity index is 781. The first-order valence-electron chi connectivity index (χ1n) is 10.4. The van der Waals surface area contributed by atoms with Crippen molar-refractivity contribution in [1.29, 1.82) is 0 Å². The lowest BCUT2D eigenvalue weighted by Crippen LogP contribution is -2.39. The minimum atomic E-state index is 0.571. The number of hydrogen-bond donors (Lipinski definition) is 2. The molecule has 0 spiro atoms. The first-order chi connectivity index (χ1) is 13.3. The molecule has 0 bridgehead atoms. The van der Waals surface area contributed by atoms with E-state index in [0.29, 0.717) is 12.6 Å². The second-order valence-corrected chi connectivity index (χ2v) is 8.91. The maximum absolute atomic E-state index is 6.00. The van der Waals surface area contributed by atoms with E-state index in [9.17, 15) is 0 Å². The van der Waals surface area contributed by atoms with E-state index < -0.39 is 0 Å².